The van der Waals surface area contributed by atoms with Crippen molar-refractivity contribution in [3.8, 4) is 6.07 Å². The first-order chi connectivity index (χ1) is 9.70. The van der Waals surface area contributed by atoms with Crippen molar-refractivity contribution < 1.29 is 23.1 Å². The van der Waals surface area contributed by atoms with E-state index in [2.05, 4.69) is 5.32 Å². The lowest BCUT2D eigenvalue weighted by Gasteiger charge is -2.21. The number of halogens is 3. The van der Waals surface area contributed by atoms with Crippen LogP contribution in [0.2, 0.25) is 0 Å². The third-order valence-electron chi connectivity index (χ3n) is 2.67. The third kappa shape index (κ3) is 4.08. The fourth-order valence-corrected chi connectivity index (χ4v) is 1.64. The number of hydrazine groups is 1. The smallest absolute Gasteiger partial charge is 0.391 e. The Kier molecular flexibility index (Phi) is 5.12. The molecule has 0 radical (unpaired) electrons. The molecule has 0 aliphatic carbocycles. The summed E-state index contributed by atoms with van der Waals surface area (Å²) in [5.41, 5.74) is 0.0557. The summed E-state index contributed by atoms with van der Waals surface area (Å²) < 4.78 is 38.4. The second-order valence-corrected chi connectivity index (χ2v) is 4.24. The normalized spacial score (nSPS) is 14.0. The monoisotopic (exact) mass is 302 g/mol. The van der Waals surface area contributed by atoms with Crippen LogP contribution in [-0.4, -0.2) is 23.2 Å². The van der Waals surface area contributed by atoms with E-state index >= 15 is 0 Å². The van der Waals surface area contributed by atoms with Crippen molar-refractivity contribution in [2.24, 2.45) is 5.84 Å². The van der Waals surface area contributed by atoms with E-state index in [4.69, 9.17) is 11.1 Å². The van der Waals surface area contributed by atoms with E-state index in [0.717, 1.165) is 6.07 Å². The number of nitrogens with one attached hydrogen (secondary N) is 2. The molecule has 0 heterocycles. The number of carbonyl (C=O) groups is 1. The molecule has 0 fully saturated rings. The number of amides is 1. The Balaban J connectivity index is 3.15. The zero-order valence-corrected chi connectivity index (χ0v) is 10.9. The first kappa shape index (κ1) is 16.7. The molecule has 5 N–H and O–H groups in total. The number of benzene rings is 1. The van der Waals surface area contributed by atoms with Crippen molar-refractivity contribution in [1.82, 2.24) is 5.43 Å². The van der Waals surface area contributed by atoms with Crippen LogP contribution in [0.15, 0.2) is 18.2 Å². The predicted octanol–water partition coefficient (Wildman–Crippen LogP) is 0.728. The minimum atomic E-state index is -4.71. The van der Waals surface area contributed by atoms with Gasteiger partial charge in [-0.25, -0.2) is 5.84 Å². The molecule has 114 valence electrons. The van der Waals surface area contributed by atoms with Crippen LogP contribution in [0.3, 0.4) is 0 Å². The van der Waals surface area contributed by atoms with Gasteiger partial charge >= 0.3 is 6.18 Å². The van der Waals surface area contributed by atoms with Crippen LogP contribution in [0, 0.1) is 11.3 Å². The lowest BCUT2D eigenvalue weighted by molar-refractivity contribution is -0.137. The summed E-state index contributed by atoms with van der Waals surface area (Å²) in [6.45, 7) is 1.28. The van der Waals surface area contributed by atoms with Gasteiger partial charge in [0.25, 0.3) is 5.91 Å². The Morgan fingerprint density at radius 3 is 2.52 bits per heavy atom. The van der Waals surface area contributed by atoms with E-state index in [0.29, 0.717) is 6.07 Å². The zero-order valence-electron chi connectivity index (χ0n) is 10.9. The fraction of sp³-hybridized carbons (Fsp3) is 0.333. The van der Waals surface area contributed by atoms with Gasteiger partial charge in [0.15, 0.2) is 0 Å². The number of alkyl halides is 3. The highest BCUT2D eigenvalue weighted by atomic mass is 19.4. The summed E-state index contributed by atoms with van der Waals surface area (Å²) in [4.78, 5) is 11.4. The SMILES string of the molecule is C[C@H](O)[C@@H](Nc1ccc(C#N)c(C(F)(F)F)c1)C(=O)NN. The standard InChI is InChI=1S/C12H13F3N4O2/c1-6(20)10(11(21)19-17)18-8-3-2-7(5-16)9(4-8)12(13,14)15/h2-4,6,10,18,20H,17H2,1H3,(H,19,21)/t6-,10+/m0/s1. The molecule has 1 rings (SSSR count). The molecule has 0 bridgehead atoms. The van der Waals surface area contributed by atoms with Gasteiger partial charge in [-0.3, -0.25) is 10.2 Å². The molecule has 9 heteroatoms. The lowest BCUT2D eigenvalue weighted by Crippen LogP contribution is -2.48. The van der Waals surface area contributed by atoms with Gasteiger partial charge in [-0.2, -0.15) is 18.4 Å². The topological polar surface area (TPSA) is 111 Å². The van der Waals surface area contributed by atoms with Crippen LogP contribution < -0.4 is 16.6 Å². The summed E-state index contributed by atoms with van der Waals surface area (Å²) in [6, 6.07) is 3.08. The predicted molar refractivity (Wildman–Crippen MR) is 67.6 cm³/mol. The highest BCUT2D eigenvalue weighted by molar-refractivity contribution is 5.84. The molecule has 0 spiro atoms. The summed E-state index contributed by atoms with van der Waals surface area (Å²) in [6.07, 6.45) is -5.90. The van der Waals surface area contributed by atoms with Gasteiger partial charge < -0.3 is 10.4 Å². The Hall–Kier alpha value is -2.31. The van der Waals surface area contributed by atoms with Crippen molar-refractivity contribution in [1.29, 1.82) is 5.26 Å². The van der Waals surface area contributed by atoms with Gasteiger partial charge in [-0.05, 0) is 25.1 Å². The molecule has 0 saturated carbocycles. The number of anilines is 1. The average molecular weight is 302 g/mol. The van der Waals surface area contributed by atoms with Gasteiger partial charge in [0.1, 0.15) is 6.04 Å². The summed E-state index contributed by atoms with van der Waals surface area (Å²) in [7, 11) is 0. The van der Waals surface area contributed by atoms with Crippen molar-refractivity contribution >= 4 is 11.6 Å². The molecule has 0 aromatic heterocycles. The maximum absolute atomic E-state index is 12.8. The quantitative estimate of drug-likeness (QED) is 0.372. The molecule has 6 nitrogen and oxygen atoms in total. The highest BCUT2D eigenvalue weighted by Crippen LogP contribution is 2.33. The third-order valence-corrected chi connectivity index (χ3v) is 2.67. The van der Waals surface area contributed by atoms with Crippen molar-refractivity contribution in [2.45, 2.75) is 25.2 Å². The van der Waals surface area contributed by atoms with Crippen LogP contribution in [0.25, 0.3) is 0 Å². The zero-order chi connectivity index (χ0) is 16.2. The molecular formula is C12H13F3N4O2. The Labute approximate surface area is 118 Å². The van der Waals surface area contributed by atoms with Gasteiger partial charge in [0.2, 0.25) is 0 Å². The summed E-state index contributed by atoms with van der Waals surface area (Å²) in [5, 5.41) is 20.6. The average Bonchev–Trinajstić information content (AvgIpc) is 2.42. The first-order valence-corrected chi connectivity index (χ1v) is 5.77. The van der Waals surface area contributed by atoms with Gasteiger partial charge in [-0.15, -0.1) is 0 Å². The molecule has 0 aliphatic rings. The van der Waals surface area contributed by atoms with Gasteiger partial charge in [-0.1, -0.05) is 0 Å². The Morgan fingerprint density at radius 2 is 2.10 bits per heavy atom. The Morgan fingerprint density at radius 1 is 1.48 bits per heavy atom. The molecule has 21 heavy (non-hydrogen) atoms. The molecule has 1 aromatic carbocycles. The van der Waals surface area contributed by atoms with Gasteiger partial charge in [0, 0.05) is 5.69 Å². The fourth-order valence-electron chi connectivity index (χ4n) is 1.64. The minimum Gasteiger partial charge on any atom is -0.391 e. The lowest BCUT2D eigenvalue weighted by atomic mass is 10.1. The Bertz CT molecular complexity index is 567. The van der Waals surface area contributed by atoms with E-state index in [-0.39, 0.29) is 5.69 Å². The van der Waals surface area contributed by atoms with Crippen LogP contribution in [0.5, 0.6) is 0 Å². The first-order valence-electron chi connectivity index (χ1n) is 5.77. The number of aliphatic hydroxyl groups is 1. The van der Waals surface area contributed by atoms with E-state index in [1.54, 1.807) is 5.43 Å². The van der Waals surface area contributed by atoms with Crippen LogP contribution in [0.4, 0.5) is 18.9 Å². The van der Waals surface area contributed by atoms with Crippen LogP contribution in [0.1, 0.15) is 18.1 Å². The maximum atomic E-state index is 12.8. The molecule has 0 aliphatic heterocycles. The number of nitrogens with two attached hydrogens (primary N) is 1. The number of rotatable bonds is 4. The van der Waals surface area contributed by atoms with Crippen molar-refractivity contribution in [2.75, 3.05) is 5.32 Å². The highest BCUT2D eigenvalue weighted by Gasteiger charge is 2.34. The van der Waals surface area contributed by atoms with E-state index < -0.39 is 35.4 Å². The second-order valence-electron chi connectivity index (χ2n) is 4.24. The minimum absolute atomic E-state index is 0.0733. The second kappa shape index (κ2) is 6.43. The van der Waals surface area contributed by atoms with E-state index in [1.807, 2.05) is 0 Å². The molecule has 1 aromatic rings. The number of hydrogen-bond donors (Lipinski definition) is 4. The number of nitrogens with zero attached hydrogens (tertiary/aromatic N) is 1. The van der Waals surface area contributed by atoms with E-state index in [9.17, 15) is 23.1 Å². The molecular weight excluding hydrogens is 289 g/mol. The number of carbonyl (C=O) groups excluding carboxylic acids is 1. The van der Waals surface area contributed by atoms with E-state index in [1.165, 1.54) is 19.1 Å². The van der Waals surface area contributed by atoms with Gasteiger partial charge in [0.05, 0.1) is 23.3 Å². The summed E-state index contributed by atoms with van der Waals surface area (Å²) in [5.74, 6) is 4.15. The number of nitriles is 1. The molecule has 0 saturated heterocycles. The number of hydrogen-bond acceptors (Lipinski definition) is 5. The van der Waals surface area contributed by atoms with Crippen molar-refractivity contribution in [3.63, 3.8) is 0 Å². The summed E-state index contributed by atoms with van der Waals surface area (Å²) >= 11 is 0. The van der Waals surface area contributed by atoms with Crippen LogP contribution >= 0.6 is 0 Å². The van der Waals surface area contributed by atoms with Crippen molar-refractivity contribution in [3.05, 3.63) is 29.3 Å². The van der Waals surface area contributed by atoms with Crippen LogP contribution in [-0.2, 0) is 11.0 Å². The molecule has 0 unspecified atom stereocenters. The molecule has 1 amide bonds. The largest absolute Gasteiger partial charge is 0.417 e. The molecule has 2 atom stereocenters. The maximum Gasteiger partial charge on any atom is 0.417 e. The number of aliphatic hydroxyl groups excluding tert-OH is 1.